The van der Waals surface area contributed by atoms with Gasteiger partial charge in [0.25, 0.3) is 0 Å². The molecule has 1 aliphatic heterocycles. The fraction of sp³-hybridized carbons (Fsp3) is 1.00. The van der Waals surface area contributed by atoms with E-state index in [1.807, 2.05) is 0 Å². The average Bonchev–Trinajstić information content (AvgIpc) is 2.26. The van der Waals surface area contributed by atoms with Crippen LogP contribution in [0.15, 0.2) is 0 Å². The number of rotatable bonds is 6. The summed E-state index contributed by atoms with van der Waals surface area (Å²) >= 11 is 0. The predicted octanol–water partition coefficient (Wildman–Crippen LogP) is 0.654. The quantitative estimate of drug-likeness (QED) is 0.654. The summed E-state index contributed by atoms with van der Waals surface area (Å²) in [6, 6.07) is 0.543. The molecule has 0 aliphatic carbocycles. The summed E-state index contributed by atoms with van der Waals surface area (Å²) in [5.41, 5.74) is 5.98. The van der Waals surface area contributed by atoms with E-state index in [0.717, 1.165) is 39.1 Å². The summed E-state index contributed by atoms with van der Waals surface area (Å²) in [5.74, 6) is 0.604. The van der Waals surface area contributed by atoms with E-state index in [2.05, 4.69) is 31.0 Å². The van der Waals surface area contributed by atoms with Gasteiger partial charge in [-0.3, -0.25) is 0 Å². The van der Waals surface area contributed by atoms with Crippen LogP contribution in [-0.2, 0) is 0 Å². The van der Waals surface area contributed by atoms with Gasteiger partial charge < -0.3 is 21.1 Å². The molecule has 2 unspecified atom stereocenters. The molecule has 4 N–H and O–H groups in total. The summed E-state index contributed by atoms with van der Waals surface area (Å²) in [6.45, 7) is 12.0. The number of hydrogen-bond acceptors (Lipinski definition) is 4. The van der Waals surface area contributed by atoms with Crippen LogP contribution in [0.2, 0.25) is 0 Å². The minimum absolute atomic E-state index is 0.299. The van der Waals surface area contributed by atoms with Gasteiger partial charge in [-0.25, -0.2) is 0 Å². The van der Waals surface area contributed by atoms with Crippen molar-refractivity contribution < 1.29 is 5.11 Å². The number of aliphatic hydroxyl groups excluding tert-OH is 1. The van der Waals surface area contributed by atoms with Crippen LogP contribution < -0.4 is 11.1 Å². The third-order valence-electron chi connectivity index (χ3n) is 3.52. The molecule has 0 amide bonds. The highest BCUT2D eigenvalue weighted by Gasteiger charge is 2.27. The van der Waals surface area contributed by atoms with Gasteiger partial charge in [-0.1, -0.05) is 20.8 Å². The van der Waals surface area contributed by atoms with Crippen molar-refractivity contribution in [3.05, 3.63) is 0 Å². The first kappa shape index (κ1) is 15.9. The van der Waals surface area contributed by atoms with Crippen molar-refractivity contribution in [3.8, 4) is 0 Å². The van der Waals surface area contributed by atoms with Gasteiger partial charge in [0.05, 0.1) is 0 Å². The van der Waals surface area contributed by atoms with E-state index in [9.17, 15) is 0 Å². The Balaban J connectivity index is 2.44. The lowest BCUT2D eigenvalue weighted by Gasteiger charge is -2.39. The van der Waals surface area contributed by atoms with Crippen LogP contribution in [-0.4, -0.2) is 55.4 Å². The average molecular weight is 257 g/mol. The second-order valence-electron chi connectivity index (χ2n) is 6.80. The minimum atomic E-state index is 0.299. The van der Waals surface area contributed by atoms with E-state index in [-0.39, 0.29) is 0 Å². The van der Waals surface area contributed by atoms with Crippen LogP contribution in [0.3, 0.4) is 0 Å². The Morgan fingerprint density at radius 2 is 2.06 bits per heavy atom. The second kappa shape index (κ2) is 7.43. The van der Waals surface area contributed by atoms with E-state index in [4.69, 9.17) is 10.8 Å². The first-order valence-electron chi connectivity index (χ1n) is 7.21. The van der Waals surface area contributed by atoms with Gasteiger partial charge in [-0.05, 0) is 24.2 Å². The molecule has 0 saturated carbocycles. The highest BCUT2D eigenvalue weighted by atomic mass is 16.3. The van der Waals surface area contributed by atoms with E-state index in [1.54, 1.807) is 0 Å². The van der Waals surface area contributed by atoms with Crippen molar-refractivity contribution in [3.63, 3.8) is 0 Å². The van der Waals surface area contributed by atoms with Crippen LogP contribution in [0.25, 0.3) is 0 Å². The fourth-order valence-corrected chi connectivity index (χ4v) is 2.66. The van der Waals surface area contributed by atoms with E-state index in [1.165, 1.54) is 6.42 Å². The number of piperidine rings is 1. The van der Waals surface area contributed by atoms with E-state index in [0.29, 0.717) is 24.0 Å². The highest BCUT2D eigenvalue weighted by molar-refractivity contribution is 4.84. The first-order valence-corrected chi connectivity index (χ1v) is 7.21. The van der Waals surface area contributed by atoms with Crippen molar-refractivity contribution in [2.75, 3.05) is 39.3 Å². The second-order valence-corrected chi connectivity index (χ2v) is 6.80. The maximum absolute atomic E-state index is 9.12. The zero-order chi connectivity index (χ0) is 13.6. The lowest BCUT2D eigenvalue weighted by atomic mass is 9.90. The molecule has 4 heteroatoms. The maximum Gasteiger partial charge on any atom is 0.0434 e. The van der Waals surface area contributed by atoms with Crippen LogP contribution in [0, 0.1) is 11.3 Å². The standard InChI is InChI=1S/C14H31N3O/c1-14(2,3)11-16-13-8-12(4-7-18)9-17(10-13)6-5-15/h12-13,16,18H,4-11,15H2,1-3H3. The van der Waals surface area contributed by atoms with Gasteiger partial charge in [-0.15, -0.1) is 0 Å². The summed E-state index contributed by atoms with van der Waals surface area (Å²) in [7, 11) is 0. The van der Waals surface area contributed by atoms with Crippen molar-refractivity contribution in [2.24, 2.45) is 17.1 Å². The third-order valence-corrected chi connectivity index (χ3v) is 3.52. The zero-order valence-electron chi connectivity index (χ0n) is 12.3. The predicted molar refractivity (Wildman–Crippen MR) is 76.5 cm³/mol. The smallest absolute Gasteiger partial charge is 0.0434 e. The normalized spacial score (nSPS) is 26.5. The molecule has 18 heavy (non-hydrogen) atoms. The molecule has 0 aromatic heterocycles. The van der Waals surface area contributed by atoms with Gasteiger partial charge in [0.15, 0.2) is 0 Å². The van der Waals surface area contributed by atoms with E-state index >= 15 is 0 Å². The lowest BCUT2D eigenvalue weighted by molar-refractivity contribution is 0.119. The SMILES string of the molecule is CC(C)(C)CNC1CC(CCO)CN(CCN)C1. The van der Waals surface area contributed by atoms with Gasteiger partial charge in [0.2, 0.25) is 0 Å². The molecule has 1 rings (SSSR count). The minimum Gasteiger partial charge on any atom is -0.396 e. The number of likely N-dealkylation sites (tertiary alicyclic amines) is 1. The first-order chi connectivity index (χ1) is 8.44. The number of aliphatic hydroxyl groups is 1. The third kappa shape index (κ3) is 6.14. The largest absolute Gasteiger partial charge is 0.396 e. The summed E-state index contributed by atoms with van der Waals surface area (Å²) in [5, 5.41) is 12.8. The highest BCUT2D eigenvalue weighted by Crippen LogP contribution is 2.20. The molecule has 0 aromatic rings. The summed E-state index contributed by atoms with van der Waals surface area (Å²) < 4.78 is 0. The van der Waals surface area contributed by atoms with Crippen molar-refractivity contribution in [1.82, 2.24) is 10.2 Å². The molecule has 1 saturated heterocycles. The summed E-state index contributed by atoms with van der Waals surface area (Å²) in [6.07, 6.45) is 2.09. The van der Waals surface area contributed by atoms with Crippen LogP contribution >= 0.6 is 0 Å². The monoisotopic (exact) mass is 257 g/mol. The van der Waals surface area contributed by atoms with Crippen molar-refractivity contribution >= 4 is 0 Å². The zero-order valence-corrected chi connectivity index (χ0v) is 12.3. The Hall–Kier alpha value is -0.160. The Kier molecular flexibility index (Phi) is 6.57. The molecule has 1 fully saturated rings. The van der Waals surface area contributed by atoms with E-state index < -0.39 is 0 Å². The molecule has 0 spiro atoms. The number of nitrogens with zero attached hydrogens (tertiary/aromatic N) is 1. The Morgan fingerprint density at radius 1 is 1.33 bits per heavy atom. The molecule has 0 bridgehead atoms. The molecule has 0 radical (unpaired) electrons. The van der Waals surface area contributed by atoms with Gasteiger partial charge >= 0.3 is 0 Å². The molecule has 0 aromatic carbocycles. The lowest BCUT2D eigenvalue weighted by Crippen LogP contribution is -2.51. The van der Waals surface area contributed by atoms with Gasteiger partial charge in [0.1, 0.15) is 0 Å². The van der Waals surface area contributed by atoms with Crippen LogP contribution in [0.5, 0.6) is 0 Å². The van der Waals surface area contributed by atoms with Gasteiger partial charge in [0, 0.05) is 45.4 Å². The number of nitrogens with two attached hydrogens (primary N) is 1. The fourth-order valence-electron chi connectivity index (χ4n) is 2.66. The molecular formula is C14H31N3O. The van der Waals surface area contributed by atoms with Crippen LogP contribution in [0.1, 0.15) is 33.6 Å². The van der Waals surface area contributed by atoms with Gasteiger partial charge in [-0.2, -0.15) is 0 Å². The number of hydrogen-bond donors (Lipinski definition) is 3. The Bertz CT molecular complexity index is 214. The molecule has 108 valence electrons. The topological polar surface area (TPSA) is 61.5 Å². The molecular weight excluding hydrogens is 226 g/mol. The van der Waals surface area contributed by atoms with Crippen LogP contribution in [0.4, 0.5) is 0 Å². The number of nitrogens with one attached hydrogen (secondary N) is 1. The summed E-state index contributed by atoms with van der Waals surface area (Å²) in [4.78, 5) is 2.43. The Morgan fingerprint density at radius 3 is 2.61 bits per heavy atom. The molecule has 1 aliphatic rings. The maximum atomic E-state index is 9.12. The van der Waals surface area contributed by atoms with Crippen molar-refractivity contribution in [2.45, 2.75) is 39.7 Å². The van der Waals surface area contributed by atoms with Crippen molar-refractivity contribution in [1.29, 1.82) is 0 Å². The Labute approximate surface area is 112 Å². The molecule has 1 heterocycles. The molecule has 4 nitrogen and oxygen atoms in total. The molecule has 2 atom stereocenters.